The van der Waals surface area contributed by atoms with Crippen LogP contribution in [0.2, 0.25) is 0 Å². The van der Waals surface area contributed by atoms with Crippen LogP contribution < -0.4 is 0 Å². The topological polar surface area (TPSA) is 50.9 Å². The molecule has 0 fully saturated rings. The summed E-state index contributed by atoms with van der Waals surface area (Å²) >= 11 is 0. The van der Waals surface area contributed by atoms with Crippen molar-refractivity contribution < 1.29 is 27.5 Å². The molecule has 7 aromatic carbocycles. The SMILES string of the molecule is [2H]C(C)(C)c1cc(-n2c(-c3ccccc3O)nc3c(-c4[c-]c(-c5cc(-c6ccccc6)ccn5)cc(-c5ccccc5)c4)cccc32)ccc1-c1ccccc1C(C)(C)C.[Pt]. The Morgan fingerprint density at radius 2 is 1.23 bits per heavy atom. The molecule has 0 amide bonds. The molecule has 4 nitrogen and oxygen atoms in total. The van der Waals surface area contributed by atoms with Crippen molar-refractivity contribution in [1.82, 2.24) is 14.5 Å². The summed E-state index contributed by atoms with van der Waals surface area (Å²) in [6.07, 6.45) is 1.86. The molecule has 5 heteroatoms. The Labute approximate surface area is 369 Å². The minimum Gasteiger partial charge on any atom is -0.507 e. The number of pyridine rings is 1. The van der Waals surface area contributed by atoms with Gasteiger partial charge in [0.2, 0.25) is 0 Å². The number of aromatic nitrogens is 3. The molecule has 0 spiro atoms. The Kier molecular flexibility index (Phi) is 10.9. The third-order valence-electron chi connectivity index (χ3n) is 11.1. The van der Waals surface area contributed by atoms with Crippen LogP contribution in [-0.2, 0) is 26.5 Å². The van der Waals surface area contributed by atoms with Gasteiger partial charge >= 0.3 is 0 Å². The van der Waals surface area contributed by atoms with Gasteiger partial charge in [-0.1, -0.05) is 173 Å². The zero-order valence-electron chi connectivity index (χ0n) is 35.3. The number of rotatable bonds is 8. The summed E-state index contributed by atoms with van der Waals surface area (Å²) in [5.41, 5.74) is 15.1. The van der Waals surface area contributed by atoms with Crippen LogP contribution in [0.4, 0.5) is 0 Å². The number of phenolic OH excluding ortho intramolecular Hbond substituents is 1. The largest absolute Gasteiger partial charge is 0.507 e. The minimum atomic E-state index is -0.929. The van der Waals surface area contributed by atoms with Crippen LogP contribution in [0.3, 0.4) is 0 Å². The van der Waals surface area contributed by atoms with Gasteiger partial charge in [-0.15, -0.1) is 23.8 Å². The van der Waals surface area contributed by atoms with Gasteiger partial charge in [0.05, 0.1) is 16.6 Å². The molecule has 9 rings (SSSR count). The number of para-hydroxylation sites is 2. The van der Waals surface area contributed by atoms with Crippen molar-refractivity contribution >= 4 is 11.0 Å². The second-order valence-electron chi connectivity index (χ2n) is 16.3. The van der Waals surface area contributed by atoms with Crippen LogP contribution in [0, 0.1) is 6.07 Å². The summed E-state index contributed by atoms with van der Waals surface area (Å²) in [6, 6.07) is 61.5. The fourth-order valence-electron chi connectivity index (χ4n) is 8.15. The third kappa shape index (κ3) is 7.76. The van der Waals surface area contributed by atoms with Gasteiger partial charge in [0.15, 0.2) is 0 Å². The van der Waals surface area contributed by atoms with Crippen LogP contribution in [-0.4, -0.2) is 19.6 Å². The molecule has 0 aliphatic rings. The molecule has 0 saturated carbocycles. The Bertz CT molecular complexity index is 3020. The van der Waals surface area contributed by atoms with E-state index in [4.69, 9.17) is 9.97 Å². The molecule has 0 aliphatic carbocycles. The maximum Gasteiger partial charge on any atom is 0.148 e. The van der Waals surface area contributed by atoms with Crippen molar-refractivity contribution in [3.63, 3.8) is 0 Å². The van der Waals surface area contributed by atoms with E-state index in [0.717, 1.165) is 78.0 Å². The number of fused-ring (bicyclic) bond motifs is 1. The van der Waals surface area contributed by atoms with E-state index in [0.29, 0.717) is 11.4 Å². The number of aromatic hydroxyl groups is 1. The van der Waals surface area contributed by atoms with Crippen molar-refractivity contribution in [1.29, 1.82) is 0 Å². The normalized spacial score (nSPS) is 11.9. The van der Waals surface area contributed by atoms with Crippen LogP contribution in [0.15, 0.2) is 176 Å². The van der Waals surface area contributed by atoms with E-state index in [2.05, 4.69) is 147 Å². The third-order valence-corrected chi connectivity index (χ3v) is 11.1. The first-order valence-electron chi connectivity index (χ1n) is 20.6. The Morgan fingerprint density at radius 3 is 1.93 bits per heavy atom. The molecule has 1 N–H and O–H groups in total. The van der Waals surface area contributed by atoms with Gasteiger partial charge in [-0.05, 0) is 86.7 Å². The van der Waals surface area contributed by atoms with Gasteiger partial charge in [0, 0.05) is 40.0 Å². The number of imidazole rings is 1. The van der Waals surface area contributed by atoms with Crippen LogP contribution in [0.5, 0.6) is 5.75 Å². The molecule has 298 valence electrons. The average molecular weight is 961 g/mol. The molecular formula is C55H46N3OPt-. The van der Waals surface area contributed by atoms with E-state index in [-0.39, 0.29) is 32.2 Å². The predicted molar refractivity (Wildman–Crippen MR) is 245 cm³/mol. The zero-order valence-corrected chi connectivity index (χ0v) is 36.6. The predicted octanol–water partition coefficient (Wildman–Crippen LogP) is 14.3. The first-order chi connectivity index (χ1) is 28.9. The average Bonchev–Trinajstić information content (AvgIpc) is 3.66. The van der Waals surface area contributed by atoms with E-state index in [1.54, 1.807) is 6.07 Å². The second-order valence-corrected chi connectivity index (χ2v) is 16.3. The maximum atomic E-state index is 11.4. The summed E-state index contributed by atoms with van der Waals surface area (Å²) < 4.78 is 11.6. The van der Waals surface area contributed by atoms with Crippen LogP contribution in [0.25, 0.3) is 83.9 Å². The number of benzene rings is 7. The summed E-state index contributed by atoms with van der Waals surface area (Å²) in [7, 11) is 0. The van der Waals surface area contributed by atoms with Gasteiger partial charge < -0.3 is 5.11 Å². The quantitative estimate of drug-likeness (QED) is 0.154. The van der Waals surface area contributed by atoms with E-state index in [9.17, 15) is 6.48 Å². The van der Waals surface area contributed by atoms with E-state index in [1.165, 1.54) is 5.56 Å². The van der Waals surface area contributed by atoms with E-state index >= 15 is 0 Å². The van der Waals surface area contributed by atoms with Crippen molar-refractivity contribution in [3.05, 3.63) is 193 Å². The first kappa shape index (κ1) is 39.1. The molecule has 0 atom stereocenters. The summed E-state index contributed by atoms with van der Waals surface area (Å²) in [5, 5.41) is 11.4. The van der Waals surface area contributed by atoms with Gasteiger partial charge in [-0.2, -0.15) is 0 Å². The monoisotopic (exact) mass is 960 g/mol. The Balaban J connectivity index is 0.00000514. The molecule has 9 aromatic rings. The second kappa shape index (κ2) is 16.7. The molecular weight excluding hydrogens is 914 g/mol. The number of hydrogen-bond donors (Lipinski definition) is 1. The Hall–Kier alpha value is -6.35. The van der Waals surface area contributed by atoms with E-state index < -0.39 is 5.89 Å². The molecule has 2 heterocycles. The Morgan fingerprint density at radius 1 is 0.600 bits per heavy atom. The summed E-state index contributed by atoms with van der Waals surface area (Å²) in [6.45, 7) is 10.6. The van der Waals surface area contributed by atoms with Crippen LogP contribution in [0.1, 0.15) is 53.0 Å². The van der Waals surface area contributed by atoms with Crippen molar-refractivity contribution in [2.45, 2.75) is 45.9 Å². The van der Waals surface area contributed by atoms with Gasteiger partial charge in [0.1, 0.15) is 11.6 Å². The molecule has 0 aliphatic heterocycles. The minimum absolute atomic E-state index is 0. The number of nitrogens with zero attached hydrogens (tertiary/aromatic N) is 3. The standard InChI is InChI=1S/C55H46N3O.Pt/c1-36(2)48-35-43(27-28-45(48)46-21-12-14-24-49(46)55(3,4)5)58-51-25-16-23-44(53(51)57-54(58)47-22-13-15-26-52(47)59)41-31-40(38-19-10-7-11-20-38)32-42(33-41)50-34-39(29-30-56-50)37-17-8-6-9-18-37;/h6-32,34-36,59H,1-5H3;/q-1;/i36D;. The molecule has 2 aromatic heterocycles. The van der Waals surface area contributed by atoms with Crippen molar-refractivity contribution in [3.8, 4) is 78.6 Å². The van der Waals surface area contributed by atoms with Crippen molar-refractivity contribution in [2.24, 2.45) is 0 Å². The fraction of sp³-hybridized carbons (Fsp3) is 0.127. The van der Waals surface area contributed by atoms with Crippen LogP contribution >= 0.6 is 0 Å². The van der Waals surface area contributed by atoms with E-state index in [1.807, 2.05) is 68.6 Å². The fourth-order valence-corrected chi connectivity index (χ4v) is 8.15. The molecule has 0 saturated heterocycles. The van der Waals surface area contributed by atoms with Gasteiger partial charge in [-0.25, -0.2) is 4.98 Å². The maximum absolute atomic E-state index is 11.4. The summed E-state index contributed by atoms with van der Waals surface area (Å²) in [5.74, 6) is -0.192. The molecule has 60 heavy (non-hydrogen) atoms. The number of phenols is 1. The number of hydrogen-bond acceptors (Lipinski definition) is 3. The molecule has 0 bridgehead atoms. The first-order valence-corrected chi connectivity index (χ1v) is 20.1. The molecule has 0 unspecified atom stereocenters. The van der Waals surface area contributed by atoms with Gasteiger partial charge in [0.25, 0.3) is 0 Å². The molecule has 0 radical (unpaired) electrons. The van der Waals surface area contributed by atoms with Gasteiger partial charge in [-0.3, -0.25) is 9.55 Å². The summed E-state index contributed by atoms with van der Waals surface area (Å²) in [4.78, 5) is 10.3. The van der Waals surface area contributed by atoms with Crippen molar-refractivity contribution in [2.75, 3.05) is 0 Å². The smallest absolute Gasteiger partial charge is 0.148 e. The zero-order chi connectivity index (χ0) is 41.6.